The zero-order chi connectivity index (χ0) is 19.2. The molecule has 142 valence electrons. The van der Waals surface area contributed by atoms with Gasteiger partial charge in [0, 0.05) is 43.1 Å². The molecular formula is C19H20ClF2N5. The van der Waals surface area contributed by atoms with Gasteiger partial charge >= 0.3 is 0 Å². The van der Waals surface area contributed by atoms with Crippen molar-refractivity contribution >= 4 is 28.2 Å². The Morgan fingerprint density at radius 3 is 2.74 bits per heavy atom. The van der Waals surface area contributed by atoms with Crippen LogP contribution in [0.1, 0.15) is 31.4 Å². The lowest BCUT2D eigenvalue weighted by Crippen LogP contribution is -2.36. The van der Waals surface area contributed by atoms with E-state index >= 15 is 0 Å². The highest BCUT2D eigenvalue weighted by molar-refractivity contribution is 6.35. The average molecular weight is 392 g/mol. The van der Waals surface area contributed by atoms with E-state index in [4.69, 9.17) is 11.6 Å². The van der Waals surface area contributed by atoms with Crippen molar-refractivity contribution in [3.8, 4) is 11.1 Å². The van der Waals surface area contributed by atoms with Crippen LogP contribution in [0.5, 0.6) is 0 Å². The molecule has 0 aliphatic heterocycles. The Bertz CT molecular complexity index is 997. The monoisotopic (exact) mass is 391 g/mol. The smallest absolute Gasteiger partial charge is 0.248 e. The Labute approximate surface area is 160 Å². The van der Waals surface area contributed by atoms with Crippen LogP contribution in [0, 0.1) is 0 Å². The summed E-state index contributed by atoms with van der Waals surface area (Å²) in [5.74, 6) is -2.55. The molecule has 1 aliphatic rings. The van der Waals surface area contributed by atoms with Crippen molar-refractivity contribution in [3.05, 3.63) is 41.8 Å². The van der Waals surface area contributed by atoms with Crippen LogP contribution in [-0.2, 0) is 7.05 Å². The fourth-order valence-corrected chi connectivity index (χ4v) is 3.81. The first-order valence-electron chi connectivity index (χ1n) is 8.83. The van der Waals surface area contributed by atoms with Gasteiger partial charge in [0.05, 0.1) is 22.6 Å². The van der Waals surface area contributed by atoms with Crippen molar-refractivity contribution in [1.29, 1.82) is 0 Å². The first-order valence-corrected chi connectivity index (χ1v) is 9.20. The Hall–Kier alpha value is -2.41. The average Bonchev–Trinajstić information content (AvgIpc) is 3.23. The predicted octanol–water partition coefficient (Wildman–Crippen LogP) is 4.76. The molecule has 1 aromatic carbocycles. The van der Waals surface area contributed by atoms with E-state index in [2.05, 4.69) is 27.2 Å². The van der Waals surface area contributed by atoms with E-state index in [1.165, 1.54) is 0 Å². The molecule has 0 spiro atoms. The number of rotatable bonds is 4. The van der Waals surface area contributed by atoms with Crippen LogP contribution in [0.3, 0.4) is 0 Å². The molecule has 2 heterocycles. The van der Waals surface area contributed by atoms with Gasteiger partial charge in [-0.05, 0) is 30.5 Å². The molecule has 0 radical (unpaired) electrons. The lowest BCUT2D eigenvalue weighted by atomic mass is 9.92. The summed E-state index contributed by atoms with van der Waals surface area (Å²) in [6.45, 7) is 4.08. The predicted molar refractivity (Wildman–Crippen MR) is 103 cm³/mol. The van der Waals surface area contributed by atoms with E-state index in [9.17, 15) is 8.78 Å². The van der Waals surface area contributed by atoms with Gasteiger partial charge in [-0.15, -0.1) is 0 Å². The fourth-order valence-electron chi connectivity index (χ4n) is 3.55. The van der Waals surface area contributed by atoms with Crippen molar-refractivity contribution in [3.63, 3.8) is 0 Å². The quantitative estimate of drug-likeness (QED) is 0.674. The van der Waals surface area contributed by atoms with Gasteiger partial charge in [0.15, 0.2) is 0 Å². The second kappa shape index (κ2) is 6.64. The molecule has 3 aromatic rings. The van der Waals surface area contributed by atoms with Crippen LogP contribution in [0.4, 0.5) is 8.78 Å². The molecule has 8 heteroatoms. The highest BCUT2D eigenvalue weighted by atomic mass is 35.5. The minimum Gasteiger partial charge on any atom is -0.381 e. The zero-order valence-electron chi connectivity index (χ0n) is 14.9. The summed E-state index contributed by atoms with van der Waals surface area (Å²) in [4.78, 5) is 0. The molecule has 0 saturated heterocycles. The third-order valence-electron chi connectivity index (χ3n) is 5.05. The molecular weight excluding hydrogens is 372 g/mol. The van der Waals surface area contributed by atoms with Crippen molar-refractivity contribution < 1.29 is 8.78 Å². The van der Waals surface area contributed by atoms with Crippen LogP contribution in [0.2, 0.25) is 5.02 Å². The van der Waals surface area contributed by atoms with Crippen molar-refractivity contribution in [2.24, 2.45) is 7.05 Å². The maximum atomic E-state index is 13.4. The molecule has 27 heavy (non-hydrogen) atoms. The lowest BCUT2D eigenvalue weighted by molar-refractivity contribution is -0.0392. The number of fused-ring (bicyclic) bond motifs is 1. The van der Waals surface area contributed by atoms with Gasteiger partial charge in [-0.3, -0.25) is 9.78 Å². The number of aryl methyl sites for hydroxylation is 1. The maximum absolute atomic E-state index is 13.4. The van der Waals surface area contributed by atoms with Crippen LogP contribution in [-0.4, -0.2) is 31.9 Å². The van der Waals surface area contributed by atoms with Gasteiger partial charge in [0.1, 0.15) is 5.52 Å². The number of nitrogens with zero attached hydrogens (tertiary/aromatic N) is 3. The molecule has 1 aliphatic carbocycles. The number of aromatic nitrogens is 4. The SMILES string of the molecule is C=C(NC1CCC(F)(F)CC1)c1[nH]nc2c(Cl)cc(-c3cnn(C)c3)cc12. The number of aromatic amines is 1. The number of nitrogens with one attached hydrogen (secondary N) is 2. The van der Waals surface area contributed by atoms with E-state index in [1.807, 2.05) is 25.4 Å². The highest BCUT2D eigenvalue weighted by Crippen LogP contribution is 2.35. The number of H-pyrrole nitrogens is 1. The molecule has 4 rings (SSSR count). The normalized spacial score (nSPS) is 17.3. The first kappa shape index (κ1) is 18.0. The van der Waals surface area contributed by atoms with Crippen LogP contribution >= 0.6 is 11.6 Å². The third-order valence-corrected chi connectivity index (χ3v) is 5.34. The minimum absolute atomic E-state index is 0.0209. The van der Waals surface area contributed by atoms with Gasteiger partial charge in [-0.25, -0.2) is 8.78 Å². The zero-order valence-corrected chi connectivity index (χ0v) is 15.7. The van der Waals surface area contributed by atoms with E-state index in [-0.39, 0.29) is 18.9 Å². The Morgan fingerprint density at radius 2 is 2.07 bits per heavy atom. The van der Waals surface area contributed by atoms with E-state index in [0.29, 0.717) is 29.1 Å². The summed E-state index contributed by atoms with van der Waals surface area (Å²) in [7, 11) is 1.85. The van der Waals surface area contributed by atoms with E-state index in [1.54, 1.807) is 10.9 Å². The Kier molecular flexibility index (Phi) is 4.42. The second-order valence-corrected chi connectivity index (χ2v) is 7.52. The molecule has 1 saturated carbocycles. The molecule has 0 bridgehead atoms. The topological polar surface area (TPSA) is 58.5 Å². The molecule has 1 fully saturated rings. The third kappa shape index (κ3) is 3.56. The van der Waals surface area contributed by atoms with Crippen molar-refractivity contribution in [1.82, 2.24) is 25.3 Å². The summed E-state index contributed by atoms with van der Waals surface area (Å²) in [6, 6.07) is 3.82. The Morgan fingerprint density at radius 1 is 1.33 bits per heavy atom. The lowest BCUT2D eigenvalue weighted by Gasteiger charge is -2.29. The molecule has 0 amide bonds. The van der Waals surface area contributed by atoms with Crippen LogP contribution in [0.15, 0.2) is 31.1 Å². The Balaban J connectivity index is 1.62. The van der Waals surface area contributed by atoms with E-state index < -0.39 is 5.92 Å². The number of hydrogen-bond donors (Lipinski definition) is 2. The van der Waals surface area contributed by atoms with Gasteiger partial charge in [0.2, 0.25) is 5.92 Å². The molecule has 0 atom stereocenters. The van der Waals surface area contributed by atoms with Crippen molar-refractivity contribution in [2.75, 3.05) is 0 Å². The summed E-state index contributed by atoms with van der Waals surface area (Å²) < 4.78 is 28.4. The molecule has 5 nitrogen and oxygen atoms in total. The first-order chi connectivity index (χ1) is 12.8. The summed E-state index contributed by atoms with van der Waals surface area (Å²) >= 11 is 6.42. The standard InChI is InChI=1S/C19H20ClF2N5/c1-11(24-14-3-5-19(21,22)6-4-14)17-15-7-12(13-9-23-27(2)10-13)8-16(20)18(15)26-25-17/h7-10,14,24H,1,3-6H2,2H3,(H,25,26). The fraction of sp³-hybridized carbons (Fsp3) is 0.368. The van der Waals surface area contributed by atoms with Crippen molar-refractivity contribution in [2.45, 2.75) is 37.6 Å². The summed E-state index contributed by atoms with van der Waals surface area (Å²) in [5.41, 5.74) is 3.87. The van der Waals surface area contributed by atoms with Gasteiger partial charge < -0.3 is 5.32 Å². The number of halogens is 3. The maximum Gasteiger partial charge on any atom is 0.248 e. The summed E-state index contributed by atoms with van der Waals surface area (Å²) in [6.07, 6.45) is 4.32. The highest BCUT2D eigenvalue weighted by Gasteiger charge is 2.35. The van der Waals surface area contributed by atoms with Gasteiger partial charge in [-0.2, -0.15) is 10.2 Å². The minimum atomic E-state index is -2.55. The van der Waals surface area contributed by atoms with E-state index in [0.717, 1.165) is 22.2 Å². The molecule has 2 aromatic heterocycles. The number of hydrogen-bond acceptors (Lipinski definition) is 3. The van der Waals surface area contributed by atoms with Crippen LogP contribution < -0.4 is 5.32 Å². The number of alkyl halides is 2. The number of benzene rings is 1. The largest absolute Gasteiger partial charge is 0.381 e. The molecule has 0 unspecified atom stereocenters. The second-order valence-electron chi connectivity index (χ2n) is 7.11. The van der Waals surface area contributed by atoms with Crippen LogP contribution in [0.25, 0.3) is 27.7 Å². The molecule has 2 N–H and O–H groups in total. The van der Waals surface area contributed by atoms with Gasteiger partial charge in [0.25, 0.3) is 0 Å². The van der Waals surface area contributed by atoms with Gasteiger partial charge in [-0.1, -0.05) is 18.2 Å². The summed E-state index contributed by atoms with van der Waals surface area (Å²) in [5, 5.41) is 16.1.